The van der Waals surface area contributed by atoms with Gasteiger partial charge in [0, 0.05) is 16.7 Å². The van der Waals surface area contributed by atoms with Gasteiger partial charge in [0.05, 0.1) is 30.9 Å². The largest absolute Gasteiger partial charge is 0.534 e. The van der Waals surface area contributed by atoms with Crippen molar-refractivity contribution in [2.24, 2.45) is 0 Å². The number of benzene rings is 3. The molecule has 1 atom stereocenters. The van der Waals surface area contributed by atoms with E-state index in [1.165, 1.54) is 0 Å². The monoisotopic (exact) mass is 721 g/mol. The predicted octanol–water partition coefficient (Wildman–Crippen LogP) is 4.14. The molecule has 3 aromatic rings. The lowest BCUT2D eigenvalue weighted by molar-refractivity contribution is -0.144. The third-order valence-electron chi connectivity index (χ3n) is 7.47. The minimum Gasteiger partial charge on any atom is -0.468 e. The van der Waals surface area contributed by atoms with Crippen molar-refractivity contribution in [3.8, 4) is 17.2 Å². The summed E-state index contributed by atoms with van der Waals surface area (Å²) in [5.74, 6) is -16.3. The summed E-state index contributed by atoms with van der Waals surface area (Å²) in [4.78, 5) is 51.5. The maximum absolute atomic E-state index is 15.9. The zero-order chi connectivity index (χ0) is 36.4. The number of carbonyl (C=O) groups is 4. The van der Waals surface area contributed by atoms with E-state index in [-0.39, 0.29) is 6.07 Å². The third-order valence-corrected chi connectivity index (χ3v) is 8.42. The lowest BCUT2D eigenvalue weighted by atomic mass is 9.76. The Morgan fingerprint density at radius 1 is 0.857 bits per heavy atom. The van der Waals surface area contributed by atoms with E-state index in [0.29, 0.717) is 11.0 Å². The van der Waals surface area contributed by atoms with Crippen LogP contribution in [-0.4, -0.2) is 70.0 Å². The van der Waals surface area contributed by atoms with Crippen LogP contribution in [-0.2, 0) is 39.5 Å². The first-order valence-electron chi connectivity index (χ1n) is 13.3. The Balaban J connectivity index is 1.80. The van der Waals surface area contributed by atoms with E-state index in [9.17, 15) is 40.8 Å². The van der Waals surface area contributed by atoms with Crippen molar-refractivity contribution in [2.75, 3.05) is 27.3 Å². The summed E-state index contributed by atoms with van der Waals surface area (Å²) in [5.41, 5.74) is -12.9. The Kier molecular flexibility index (Phi) is 8.50. The molecule has 1 spiro atoms. The molecule has 0 saturated heterocycles. The molecule has 2 aliphatic heterocycles. The van der Waals surface area contributed by atoms with E-state index in [1.807, 2.05) is 0 Å². The molecule has 5 rings (SSSR count). The average molecular weight is 722 g/mol. The Bertz CT molecular complexity index is 2070. The van der Waals surface area contributed by atoms with Crippen molar-refractivity contribution in [3.05, 3.63) is 87.0 Å². The summed E-state index contributed by atoms with van der Waals surface area (Å²) in [6.45, 7) is -0.709. The van der Waals surface area contributed by atoms with Crippen LogP contribution in [0.1, 0.15) is 43.0 Å². The predicted molar refractivity (Wildman–Crippen MR) is 145 cm³/mol. The second-order valence-corrected chi connectivity index (χ2v) is 11.8. The van der Waals surface area contributed by atoms with E-state index < -0.39 is 132 Å². The fourth-order valence-corrected chi connectivity index (χ4v) is 5.57. The van der Waals surface area contributed by atoms with Crippen LogP contribution in [0.25, 0.3) is 0 Å². The number of alkyl halides is 3. The van der Waals surface area contributed by atoms with Gasteiger partial charge >= 0.3 is 33.5 Å². The van der Waals surface area contributed by atoms with Crippen LogP contribution in [0, 0.1) is 30.2 Å². The summed E-state index contributed by atoms with van der Waals surface area (Å²) in [7, 11) is -4.72. The minimum atomic E-state index is -6.69. The molecule has 0 bridgehead atoms. The van der Waals surface area contributed by atoms with Gasteiger partial charge in [0.2, 0.25) is 11.6 Å². The van der Waals surface area contributed by atoms with Crippen molar-refractivity contribution in [1.82, 2.24) is 4.90 Å². The number of hydrogen-bond acceptors (Lipinski definition) is 11. The molecule has 2 heterocycles. The Labute approximate surface area is 270 Å². The van der Waals surface area contributed by atoms with Gasteiger partial charge in [-0.05, 0) is 37.3 Å². The van der Waals surface area contributed by atoms with Crippen LogP contribution in [0.2, 0.25) is 0 Å². The zero-order valence-electron chi connectivity index (χ0n) is 24.8. The Hall–Kier alpha value is -5.40. The summed E-state index contributed by atoms with van der Waals surface area (Å²) in [5, 5.41) is 0. The van der Waals surface area contributed by atoms with E-state index in [4.69, 9.17) is 9.47 Å². The molecule has 0 saturated carbocycles. The maximum Gasteiger partial charge on any atom is 0.534 e. The highest BCUT2D eigenvalue weighted by molar-refractivity contribution is 7.88. The van der Waals surface area contributed by atoms with Gasteiger partial charge in [-0.3, -0.25) is 14.4 Å². The van der Waals surface area contributed by atoms with Crippen LogP contribution in [0.15, 0.2) is 30.3 Å². The third kappa shape index (κ3) is 5.54. The van der Waals surface area contributed by atoms with E-state index in [0.717, 1.165) is 39.3 Å². The fraction of sp³-hybridized carbons (Fsp3) is 0.241. The van der Waals surface area contributed by atoms with Crippen LogP contribution in [0.3, 0.4) is 0 Å². The van der Waals surface area contributed by atoms with Crippen LogP contribution < -0.4 is 8.92 Å². The highest BCUT2D eigenvalue weighted by Gasteiger charge is 2.57. The molecular formula is C29H18F7NO11S. The van der Waals surface area contributed by atoms with Gasteiger partial charge in [0.1, 0.15) is 18.9 Å². The van der Waals surface area contributed by atoms with Crippen molar-refractivity contribution >= 4 is 33.9 Å². The van der Waals surface area contributed by atoms with Crippen LogP contribution >= 0.6 is 0 Å². The highest BCUT2D eigenvalue weighted by Crippen LogP contribution is 2.59. The number of nitrogens with zero attached hydrogens (tertiary/aromatic N) is 1. The van der Waals surface area contributed by atoms with Gasteiger partial charge in [-0.2, -0.15) is 26.0 Å². The maximum atomic E-state index is 15.9. The number of amides is 1. The first-order valence-corrected chi connectivity index (χ1v) is 14.7. The lowest BCUT2D eigenvalue weighted by Gasteiger charge is -2.37. The highest BCUT2D eigenvalue weighted by atomic mass is 32.2. The molecule has 49 heavy (non-hydrogen) atoms. The molecule has 0 fully saturated rings. The lowest BCUT2D eigenvalue weighted by Crippen LogP contribution is -2.40. The van der Waals surface area contributed by atoms with Gasteiger partial charge in [-0.15, -0.1) is 0 Å². The SMILES string of the molecule is COC(=O)CN(CC(=O)OC)C(=O)c1ccc2c(c1)C1(OC2=O)c2cc(F)c(C)c(F)c2Oc2c1cc(F)c(OS(=O)(=O)C(F)(F)F)c2F. The van der Waals surface area contributed by atoms with Crippen molar-refractivity contribution in [3.63, 3.8) is 0 Å². The molecule has 2 aliphatic rings. The molecule has 0 radical (unpaired) electrons. The van der Waals surface area contributed by atoms with E-state index in [2.05, 4.69) is 13.7 Å². The van der Waals surface area contributed by atoms with Gasteiger partial charge < -0.3 is 28.0 Å². The quantitative estimate of drug-likeness (QED) is 0.114. The summed E-state index contributed by atoms with van der Waals surface area (Å²) in [6.07, 6.45) is 0. The van der Waals surface area contributed by atoms with Gasteiger partial charge in [-0.25, -0.2) is 18.0 Å². The standard InChI is InChI=1S/C29H18F7NO11S/c1-11-17(30)7-15-23(21(11)32)46-24-16(8-18(31)25(22(24)33)48-49(42,43)29(34,35)36)28(15)14-6-12(4-5-13(14)27(41)47-28)26(40)37(9-19(38)44-2)10-20(39)45-3/h4-8H,9-10H2,1-3H3. The van der Waals surface area contributed by atoms with Crippen LogP contribution in [0.4, 0.5) is 30.7 Å². The number of methoxy groups -OCH3 is 2. The molecule has 1 unspecified atom stereocenters. The van der Waals surface area contributed by atoms with E-state index in [1.54, 1.807) is 0 Å². The molecule has 0 aromatic heterocycles. The molecule has 12 nitrogen and oxygen atoms in total. The molecular weight excluding hydrogens is 703 g/mol. The number of fused-ring (bicyclic) bond motifs is 6. The van der Waals surface area contributed by atoms with Crippen molar-refractivity contribution < 1.29 is 81.5 Å². The summed E-state index contributed by atoms with van der Waals surface area (Å²) in [6, 6.07) is 3.57. The fourth-order valence-electron chi connectivity index (χ4n) is 5.10. The number of hydrogen-bond donors (Lipinski definition) is 0. The first-order chi connectivity index (χ1) is 22.8. The zero-order valence-corrected chi connectivity index (χ0v) is 25.6. The molecule has 0 N–H and O–H groups in total. The normalized spacial score (nSPS) is 16.2. The number of halogens is 7. The number of rotatable bonds is 7. The average Bonchev–Trinajstić information content (AvgIpc) is 3.33. The number of esters is 3. The van der Waals surface area contributed by atoms with Gasteiger partial charge in [0.15, 0.2) is 28.7 Å². The number of ether oxygens (including phenoxy) is 4. The smallest absolute Gasteiger partial charge is 0.468 e. The Morgan fingerprint density at radius 3 is 1.96 bits per heavy atom. The molecule has 0 aliphatic carbocycles. The van der Waals surface area contributed by atoms with E-state index >= 15 is 17.6 Å². The minimum absolute atomic E-state index is 0.149. The molecule has 260 valence electrons. The molecule has 20 heteroatoms. The topological polar surface area (TPSA) is 152 Å². The number of carbonyl (C=O) groups excluding carboxylic acids is 4. The first kappa shape index (κ1) is 34.9. The molecule has 1 amide bonds. The van der Waals surface area contributed by atoms with Crippen molar-refractivity contribution in [2.45, 2.75) is 18.0 Å². The second kappa shape index (κ2) is 11.9. The molecule has 3 aromatic carbocycles. The van der Waals surface area contributed by atoms with Gasteiger partial charge in [0.25, 0.3) is 5.91 Å². The van der Waals surface area contributed by atoms with Crippen LogP contribution in [0.5, 0.6) is 17.2 Å². The Morgan fingerprint density at radius 2 is 1.41 bits per heavy atom. The van der Waals surface area contributed by atoms with Crippen molar-refractivity contribution in [1.29, 1.82) is 0 Å². The van der Waals surface area contributed by atoms with Gasteiger partial charge in [-0.1, -0.05) is 0 Å². The second-order valence-electron chi connectivity index (χ2n) is 10.3. The summed E-state index contributed by atoms with van der Waals surface area (Å²) < 4.78 is 148. The summed E-state index contributed by atoms with van der Waals surface area (Å²) >= 11 is 0.